The zero-order chi connectivity index (χ0) is 25.2. The van der Waals surface area contributed by atoms with Gasteiger partial charge in [-0.3, -0.25) is 9.10 Å². The monoisotopic (exact) mass is 530 g/mol. The van der Waals surface area contributed by atoms with Crippen LogP contribution < -0.4 is 9.62 Å². The van der Waals surface area contributed by atoms with Crippen LogP contribution in [0.5, 0.6) is 0 Å². The number of hydrogen-bond acceptors (Lipinski definition) is 3. The van der Waals surface area contributed by atoms with E-state index in [1.807, 2.05) is 6.92 Å². The molecule has 1 unspecified atom stereocenters. The number of amides is 1. The van der Waals surface area contributed by atoms with Crippen molar-refractivity contribution >= 4 is 44.8 Å². The van der Waals surface area contributed by atoms with Crippen molar-refractivity contribution in [1.29, 1.82) is 0 Å². The van der Waals surface area contributed by atoms with E-state index in [1.54, 1.807) is 42.5 Å². The molecule has 0 spiro atoms. The van der Waals surface area contributed by atoms with E-state index in [0.29, 0.717) is 21.3 Å². The summed E-state index contributed by atoms with van der Waals surface area (Å²) in [6.45, 7) is 2.07. The molecule has 0 aromatic heterocycles. The molecule has 35 heavy (non-hydrogen) atoms. The Morgan fingerprint density at radius 2 is 1.57 bits per heavy atom. The van der Waals surface area contributed by atoms with Gasteiger partial charge in [-0.05, 0) is 85.2 Å². The summed E-state index contributed by atoms with van der Waals surface area (Å²) in [5.41, 5.74) is 5.51. The summed E-state index contributed by atoms with van der Waals surface area (Å²) >= 11 is 12.1. The molecule has 184 valence electrons. The first-order chi connectivity index (χ1) is 16.6. The number of carbonyl (C=O) groups is 1. The molecule has 4 rings (SSSR count). The average Bonchev–Trinajstić information content (AvgIpc) is 2.81. The maximum atomic E-state index is 12.9. The van der Waals surface area contributed by atoms with Crippen LogP contribution in [0.15, 0.2) is 60.7 Å². The lowest BCUT2D eigenvalue weighted by molar-refractivity contribution is 0.0940. The second-order valence-corrected chi connectivity index (χ2v) is 11.8. The number of fused-ring (bicyclic) bond motifs is 1. The lowest BCUT2D eigenvalue weighted by Crippen LogP contribution is -2.29. The molecule has 0 heterocycles. The third kappa shape index (κ3) is 6.37. The van der Waals surface area contributed by atoms with Crippen molar-refractivity contribution in [2.24, 2.45) is 0 Å². The SMILES string of the molecule is CC(NC(=O)c1ccc(CN(c2cc(Cl)cc(Cl)c2)S(C)(=O)=O)cc1)c1ccc2c(c1)CCCC2. The number of benzene rings is 3. The van der Waals surface area contributed by atoms with Crippen molar-refractivity contribution in [2.45, 2.75) is 45.2 Å². The average molecular weight is 532 g/mol. The van der Waals surface area contributed by atoms with Gasteiger partial charge < -0.3 is 5.32 Å². The van der Waals surface area contributed by atoms with Gasteiger partial charge in [-0.1, -0.05) is 53.5 Å². The van der Waals surface area contributed by atoms with Crippen LogP contribution in [0.2, 0.25) is 10.0 Å². The Balaban J connectivity index is 1.46. The highest BCUT2D eigenvalue weighted by atomic mass is 35.5. The van der Waals surface area contributed by atoms with Crippen LogP contribution in [-0.2, 0) is 29.4 Å². The van der Waals surface area contributed by atoms with Crippen molar-refractivity contribution in [3.05, 3.63) is 98.5 Å². The largest absolute Gasteiger partial charge is 0.346 e. The summed E-state index contributed by atoms with van der Waals surface area (Å²) in [6, 6.07) is 17.9. The Morgan fingerprint density at radius 3 is 2.20 bits per heavy atom. The molecule has 1 aliphatic rings. The third-order valence-electron chi connectivity index (χ3n) is 6.30. The van der Waals surface area contributed by atoms with E-state index in [0.717, 1.165) is 30.2 Å². The van der Waals surface area contributed by atoms with Crippen LogP contribution >= 0.6 is 23.2 Å². The number of rotatable bonds is 7. The van der Waals surface area contributed by atoms with Crippen LogP contribution in [0.3, 0.4) is 0 Å². The molecule has 0 aliphatic heterocycles. The molecular weight excluding hydrogens is 503 g/mol. The molecule has 1 aliphatic carbocycles. The molecular formula is C27H28Cl2N2O3S. The van der Waals surface area contributed by atoms with Gasteiger partial charge in [0, 0.05) is 15.6 Å². The molecule has 0 fully saturated rings. The minimum atomic E-state index is -3.59. The van der Waals surface area contributed by atoms with Crippen molar-refractivity contribution in [1.82, 2.24) is 5.32 Å². The number of nitrogens with one attached hydrogen (secondary N) is 1. The lowest BCUT2D eigenvalue weighted by Gasteiger charge is -2.23. The molecule has 0 saturated heterocycles. The van der Waals surface area contributed by atoms with Gasteiger partial charge in [-0.2, -0.15) is 0 Å². The number of nitrogens with zero attached hydrogens (tertiary/aromatic N) is 1. The van der Waals surface area contributed by atoms with E-state index < -0.39 is 10.0 Å². The molecule has 3 aromatic rings. The fourth-order valence-corrected chi connectivity index (χ4v) is 5.78. The third-order valence-corrected chi connectivity index (χ3v) is 7.88. The van der Waals surface area contributed by atoms with Crippen molar-refractivity contribution in [2.75, 3.05) is 10.6 Å². The molecule has 1 atom stereocenters. The Labute approximate surface area is 217 Å². The first-order valence-electron chi connectivity index (χ1n) is 11.6. The maximum absolute atomic E-state index is 12.9. The van der Waals surface area contributed by atoms with Crippen molar-refractivity contribution < 1.29 is 13.2 Å². The molecule has 8 heteroatoms. The second-order valence-electron chi connectivity index (χ2n) is 9.02. The highest BCUT2D eigenvalue weighted by molar-refractivity contribution is 7.92. The minimum Gasteiger partial charge on any atom is -0.346 e. The molecule has 0 radical (unpaired) electrons. The van der Waals surface area contributed by atoms with Crippen LogP contribution in [0.25, 0.3) is 0 Å². The van der Waals surface area contributed by atoms with E-state index in [1.165, 1.54) is 28.3 Å². The minimum absolute atomic E-state index is 0.0862. The van der Waals surface area contributed by atoms with E-state index in [4.69, 9.17) is 23.2 Å². The molecule has 1 N–H and O–H groups in total. The summed E-state index contributed by atoms with van der Waals surface area (Å²) in [7, 11) is -3.59. The maximum Gasteiger partial charge on any atom is 0.251 e. The van der Waals surface area contributed by atoms with Gasteiger partial charge in [-0.15, -0.1) is 0 Å². The van der Waals surface area contributed by atoms with Crippen LogP contribution in [0.1, 0.15) is 58.4 Å². The fourth-order valence-electron chi connectivity index (χ4n) is 4.40. The van der Waals surface area contributed by atoms with Gasteiger partial charge in [0.25, 0.3) is 5.91 Å². The number of hydrogen-bond donors (Lipinski definition) is 1. The van der Waals surface area contributed by atoms with Gasteiger partial charge in [0.1, 0.15) is 0 Å². The Bertz CT molecular complexity index is 1320. The van der Waals surface area contributed by atoms with Gasteiger partial charge in [0.15, 0.2) is 0 Å². The fraction of sp³-hybridized carbons (Fsp3) is 0.296. The van der Waals surface area contributed by atoms with Crippen molar-refractivity contribution in [3.8, 4) is 0 Å². The standard InChI is InChI=1S/C27H28Cl2N2O3S/c1-18(22-12-11-20-5-3-4-6-23(20)13-22)30-27(32)21-9-7-19(8-10-21)17-31(35(2,33)34)26-15-24(28)14-25(29)16-26/h7-16,18H,3-6,17H2,1-2H3,(H,30,32). The number of sulfonamides is 1. The highest BCUT2D eigenvalue weighted by Crippen LogP contribution is 2.29. The Hall–Kier alpha value is -2.54. The van der Waals surface area contributed by atoms with Crippen molar-refractivity contribution in [3.63, 3.8) is 0 Å². The number of carbonyl (C=O) groups excluding carboxylic acids is 1. The van der Waals surface area contributed by atoms with Gasteiger partial charge in [0.05, 0.1) is 24.5 Å². The first kappa shape index (κ1) is 25.5. The molecule has 0 bridgehead atoms. The number of aryl methyl sites for hydroxylation is 2. The summed E-state index contributed by atoms with van der Waals surface area (Å²) in [6.07, 6.45) is 5.81. The second kappa shape index (κ2) is 10.6. The molecule has 1 amide bonds. The van der Waals surface area contributed by atoms with Crippen LogP contribution in [0, 0.1) is 0 Å². The number of anilines is 1. The Morgan fingerprint density at radius 1 is 0.943 bits per heavy atom. The first-order valence-corrected chi connectivity index (χ1v) is 14.2. The van der Waals surface area contributed by atoms with Crippen LogP contribution in [0.4, 0.5) is 5.69 Å². The summed E-state index contributed by atoms with van der Waals surface area (Å²) in [5.74, 6) is -0.177. The molecule has 5 nitrogen and oxygen atoms in total. The summed E-state index contributed by atoms with van der Waals surface area (Å²) in [5, 5.41) is 3.76. The normalized spacial score (nSPS) is 14.2. The Kier molecular flexibility index (Phi) is 7.74. The molecule has 3 aromatic carbocycles. The van der Waals surface area contributed by atoms with E-state index in [-0.39, 0.29) is 18.5 Å². The summed E-state index contributed by atoms with van der Waals surface area (Å²) < 4.78 is 26.1. The highest BCUT2D eigenvalue weighted by Gasteiger charge is 2.20. The van der Waals surface area contributed by atoms with E-state index >= 15 is 0 Å². The number of halogens is 2. The smallest absolute Gasteiger partial charge is 0.251 e. The molecule has 0 saturated carbocycles. The van der Waals surface area contributed by atoms with E-state index in [2.05, 4.69) is 23.5 Å². The summed E-state index contributed by atoms with van der Waals surface area (Å²) in [4.78, 5) is 12.9. The lowest BCUT2D eigenvalue weighted by atomic mass is 9.89. The van der Waals surface area contributed by atoms with Gasteiger partial charge in [0.2, 0.25) is 10.0 Å². The topological polar surface area (TPSA) is 66.5 Å². The quantitative estimate of drug-likeness (QED) is 0.388. The predicted molar refractivity (Wildman–Crippen MR) is 143 cm³/mol. The zero-order valence-electron chi connectivity index (χ0n) is 19.7. The van der Waals surface area contributed by atoms with Crippen LogP contribution in [-0.4, -0.2) is 20.6 Å². The van der Waals surface area contributed by atoms with Gasteiger partial charge >= 0.3 is 0 Å². The van der Waals surface area contributed by atoms with Gasteiger partial charge in [-0.25, -0.2) is 8.42 Å². The predicted octanol–water partition coefficient (Wildman–Crippen LogP) is 6.33. The van der Waals surface area contributed by atoms with E-state index in [9.17, 15) is 13.2 Å². The zero-order valence-corrected chi connectivity index (χ0v) is 22.1.